The predicted octanol–water partition coefficient (Wildman–Crippen LogP) is 1.95. The van der Waals surface area contributed by atoms with E-state index in [2.05, 4.69) is 10.3 Å². The molecule has 1 aromatic carbocycles. The quantitative estimate of drug-likeness (QED) is 0.632. The molecule has 2 rings (SSSR count). The Morgan fingerprint density at radius 2 is 2.14 bits per heavy atom. The van der Waals surface area contributed by atoms with Crippen LogP contribution in [0.5, 0.6) is 0 Å². The van der Waals surface area contributed by atoms with Crippen molar-refractivity contribution in [3.8, 4) is 0 Å². The highest BCUT2D eigenvalue weighted by Gasteiger charge is 2.15. The number of halogens is 2. The Morgan fingerprint density at radius 3 is 2.86 bits per heavy atom. The minimum absolute atomic E-state index is 0.373. The van der Waals surface area contributed by atoms with Gasteiger partial charge in [-0.15, -0.1) is 0 Å². The van der Waals surface area contributed by atoms with Gasteiger partial charge in [0.25, 0.3) is 5.91 Å². The number of unbranched alkanes of at least 4 members (excludes halogenated alkanes) is 1. The number of nitrogen functional groups attached to an aromatic ring is 1. The molecule has 0 radical (unpaired) electrons. The van der Waals surface area contributed by atoms with Crippen LogP contribution >= 0.6 is 0 Å². The van der Waals surface area contributed by atoms with Crippen molar-refractivity contribution in [2.24, 2.45) is 0 Å². The predicted molar refractivity (Wildman–Crippen MR) is 74.6 cm³/mol. The number of carbonyl (C=O) groups is 1. The monoisotopic (exact) mass is 294 g/mol. The third-order valence-corrected chi connectivity index (χ3v) is 3.00. The van der Waals surface area contributed by atoms with E-state index in [9.17, 15) is 13.6 Å². The van der Waals surface area contributed by atoms with E-state index < -0.39 is 17.5 Å². The SMILES string of the molecule is Nc1cc(F)cc(C(=O)NCCCCn2ccnc2)c1F. The molecule has 5 nitrogen and oxygen atoms in total. The fraction of sp³-hybridized carbons (Fsp3) is 0.286. The number of amides is 1. The number of anilines is 1. The molecule has 7 heteroatoms. The van der Waals surface area contributed by atoms with E-state index in [4.69, 9.17) is 5.73 Å². The van der Waals surface area contributed by atoms with Crippen LogP contribution < -0.4 is 11.1 Å². The van der Waals surface area contributed by atoms with Crippen LogP contribution in [0.3, 0.4) is 0 Å². The normalized spacial score (nSPS) is 10.6. The van der Waals surface area contributed by atoms with Gasteiger partial charge in [-0.2, -0.15) is 0 Å². The summed E-state index contributed by atoms with van der Waals surface area (Å²) in [6.45, 7) is 1.17. The van der Waals surface area contributed by atoms with Crippen LogP contribution in [0.2, 0.25) is 0 Å². The molecule has 0 unspecified atom stereocenters. The Kier molecular flexibility index (Phi) is 4.86. The summed E-state index contributed by atoms with van der Waals surface area (Å²) in [6.07, 6.45) is 6.81. The van der Waals surface area contributed by atoms with Crippen LogP contribution in [0.4, 0.5) is 14.5 Å². The van der Waals surface area contributed by atoms with Gasteiger partial charge in [-0.25, -0.2) is 13.8 Å². The Labute approximate surface area is 120 Å². The van der Waals surface area contributed by atoms with E-state index in [1.807, 2.05) is 10.8 Å². The van der Waals surface area contributed by atoms with Gasteiger partial charge >= 0.3 is 0 Å². The molecule has 0 aliphatic carbocycles. The third-order valence-electron chi connectivity index (χ3n) is 3.00. The van der Waals surface area contributed by atoms with Gasteiger partial charge in [-0.05, 0) is 25.0 Å². The molecule has 0 atom stereocenters. The van der Waals surface area contributed by atoms with Gasteiger partial charge in [-0.1, -0.05) is 0 Å². The van der Waals surface area contributed by atoms with Crippen molar-refractivity contribution in [3.05, 3.63) is 48.1 Å². The fourth-order valence-corrected chi connectivity index (χ4v) is 1.91. The maximum atomic E-state index is 13.6. The van der Waals surface area contributed by atoms with E-state index in [1.165, 1.54) is 0 Å². The molecule has 112 valence electrons. The zero-order valence-corrected chi connectivity index (χ0v) is 11.4. The molecule has 21 heavy (non-hydrogen) atoms. The van der Waals surface area contributed by atoms with Crippen LogP contribution in [0.15, 0.2) is 30.9 Å². The summed E-state index contributed by atoms with van der Waals surface area (Å²) in [5.41, 5.74) is 4.54. The van der Waals surface area contributed by atoms with Crippen molar-refractivity contribution >= 4 is 11.6 Å². The van der Waals surface area contributed by atoms with Gasteiger partial charge in [0.2, 0.25) is 0 Å². The number of aryl methyl sites for hydroxylation is 1. The second kappa shape index (κ2) is 6.83. The lowest BCUT2D eigenvalue weighted by Gasteiger charge is -2.08. The highest BCUT2D eigenvalue weighted by atomic mass is 19.1. The molecule has 2 aromatic rings. The Morgan fingerprint density at radius 1 is 1.33 bits per heavy atom. The molecular weight excluding hydrogens is 278 g/mol. The molecule has 1 aromatic heterocycles. The van der Waals surface area contributed by atoms with E-state index >= 15 is 0 Å². The van der Waals surface area contributed by atoms with E-state index in [-0.39, 0.29) is 11.3 Å². The first-order valence-electron chi connectivity index (χ1n) is 6.56. The lowest BCUT2D eigenvalue weighted by atomic mass is 10.1. The summed E-state index contributed by atoms with van der Waals surface area (Å²) in [5, 5.41) is 2.55. The fourth-order valence-electron chi connectivity index (χ4n) is 1.91. The van der Waals surface area contributed by atoms with Crippen molar-refractivity contribution in [1.82, 2.24) is 14.9 Å². The average molecular weight is 294 g/mol. The Hall–Kier alpha value is -2.44. The zero-order valence-electron chi connectivity index (χ0n) is 11.4. The number of hydrogen-bond acceptors (Lipinski definition) is 3. The second-order valence-corrected chi connectivity index (χ2v) is 4.62. The summed E-state index contributed by atoms with van der Waals surface area (Å²) >= 11 is 0. The first kappa shape index (κ1) is 15.0. The first-order valence-corrected chi connectivity index (χ1v) is 6.56. The number of benzene rings is 1. The maximum Gasteiger partial charge on any atom is 0.254 e. The van der Waals surface area contributed by atoms with E-state index in [0.717, 1.165) is 31.5 Å². The van der Waals surface area contributed by atoms with Crippen molar-refractivity contribution in [2.45, 2.75) is 19.4 Å². The molecule has 0 aliphatic heterocycles. The average Bonchev–Trinajstić information content (AvgIpc) is 2.95. The van der Waals surface area contributed by atoms with Crippen LogP contribution in [0.1, 0.15) is 23.2 Å². The minimum atomic E-state index is -0.896. The van der Waals surface area contributed by atoms with Gasteiger partial charge in [0, 0.05) is 25.5 Å². The zero-order chi connectivity index (χ0) is 15.2. The number of aromatic nitrogens is 2. The molecule has 0 fully saturated rings. The summed E-state index contributed by atoms with van der Waals surface area (Å²) in [5.74, 6) is -2.30. The Bertz CT molecular complexity index is 614. The molecule has 0 aliphatic rings. The largest absolute Gasteiger partial charge is 0.396 e. The summed E-state index contributed by atoms with van der Waals surface area (Å²) in [4.78, 5) is 15.7. The molecule has 0 bridgehead atoms. The number of nitrogens with zero attached hydrogens (tertiary/aromatic N) is 2. The molecule has 0 saturated heterocycles. The smallest absolute Gasteiger partial charge is 0.254 e. The Balaban J connectivity index is 1.79. The lowest BCUT2D eigenvalue weighted by molar-refractivity contribution is 0.0948. The van der Waals surface area contributed by atoms with Gasteiger partial charge in [0.05, 0.1) is 17.6 Å². The first-order chi connectivity index (χ1) is 10.1. The summed E-state index contributed by atoms with van der Waals surface area (Å²) in [7, 11) is 0. The number of nitrogens with one attached hydrogen (secondary N) is 1. The van der Waals surface area contributed by atoms with Crippen molar-refractivity contribution in [1.29, 1.82) is 0 Å². The lowest BCUT2D eigenvalue weighted by Crippen LogP contribution is -2.26. The van der Waals surface area contributed by atoms with Crippen molar-refractivity contribution in [3.63, 3.8) is 0 Å². The van der Waals surface area contributed by atoms with Crippen molar-refractivity contribution in [2.75, 3.05) is 12.3 Å². The number of rotatable bonds is 6. The molecule has 0 saturated carbocycles. The molecular formula is C14H16F2N4O. The topological polar surface area (TPSA) is 72.9 Å². The molecule has 1 heterocycles. The molecule has 1 amide bonds. The maximum absolute atomic E-state index is 13.6. The van der Waals surface area contributed by atoms with E-state index in [0.29, 0.717) is 6.54 Å². The van der Waals surface area contributed by atoms with Crippen LogP contribution in [-0.2, 0) is 6.54 Å². The van der Waals surface area contributed by atoms with Gasteiger partial charge < -0.3 is 15.6 Å². The highest BCUT2D eigenvalue weighted by Crippen LogP contribution is 2.17. The number of nitrogens with two attached hydrogens (primary N) is 1. The van der Waals surface area contributed by atoms with Crippen LogP contribution in [0.25, 0.3) is 0 Å². The second-order valence-electron chi connectivity index (χ2n) is 4.62. The number of imidazole rings is 1. The number of carbonyl (C=O) groups excluding carboxylic acids is 1. The van der Waals surface area contributed by atoms with Crippen molar-refractivity contribution < 1.29 is 13.6 Å². The van der Waals surface area contributed by atoms with E-state index in [1.54, 1.807) is 12.5 Å². The van der Waals surface area contributed by atoms with Crippen LogP contribution in [-0.4, -0.2) is 22.0 Å². The highest BCUT2D eigenvalue weighted by molar-refractivity contribution is 5.95. The van der Waals surface area contributed by atoms with Gasteiger partial charge in [0.1, 0.15) is 5.82 Å². The van der Waals surface area contributed by atoms with Gasteiger partial charge in [-0.3, -0.25) is 4.79 Å². The number of hydrogen-bond donors (Lipinski definition) is 2. The molecule has 0 spiro atoms. The van der Waals surface area contributed by atoms with Gasteiger partial charge in [0.15, 0.2) is 5.82 Å². The van der Waals surface area contributed by atoms with Crippen LogP contribution in [0, 0.1) is 11.6 Å². The summed E-state index contributed by atoms with van der Waals surface area (Å²) in [6, 6.07) is 1.68. The summed E-state index contributed by atoms with van der Waals surface area (Å²) < 4.78 is 28.7. The molecule has 3 N–H and O–H groups in total. The minimum Gasteiger partial charge on any atom is -0.396 e. The third kappa shape index (κ3) is 4.01. The standard InChI is InChI=1S/C14H16F2N4O/c15-10-7-11(13(16)12(17)8-10)14(21)19-3-1-2-5-20-6-4-18-9-20/h4,6-9H,1-3,5,17H2,(H,19,21).